The van der Waals surface area contributed by atoms with Crippen LogP contribution in [-0.2, 0) is 32.6 Å². The third-order valence-corrected chi connectivity index (χ3v) is 9.00. The van der Waals surface area contributed by atoms with Gasteiger partial charge in [0.05, 0.1) is 15.6 Å². The summed E-state index contributed by atoms with van der Waals surface area (Å²) in [5.41, 5.74) is 2.74. The van der Waals surface area contributed by atoms with Gasteiger partial charge in [0.2, 0.25) is 11.8 Å². The highest BCUT2D eigenvalue weighted by Crippen LogP contribution is 2.31. The number of sulfonamides is 1. The molecule has 1 atom stereocenters. The highest BCUT2D eigenvalue weighted by Gasteiger charge is 2.35. The largest absolute Gasteiger partial charge is 0.352 e. The molecule has 0 radical (unpaired) electrons. The number of halogens is 1. The van der Waals surface area contributed by atoms with Crippen LogP contribution in [-0.4, -0.2) is 43.8 Å². The molecule has 2 amide bonds. The maximum absolute atomic E-state index is 14.4. The lowest BCUT2D eigenvalue weighted by Crippen LogP contribution is -2.54. The van der Waals surface area contributed by atoms with Gasteiger partial charge in [-0.1, -0.05) is 102 Å². The van der Waals surface area contributed by atoms with E-state index in [4.69, 9.17) is 11.6 Å². The van der Waals surface area contributed by atoms with Crippen LogP contribution >= 0.6 is 11.6 Å². The fourth-order valence-electron chi connectivity index (χ4n) is 4.72. The Labute approximate surface area is 259 Å². The molecular formula is C34H36ClN3O4S. The summed E-state index contributed by atoms with van der Waals surface area (Å²) in [5, 5.41) is 3.13. The second kappa shape index (κ2) is 14.4. The van der Waals surface area contributed by atoms with Crippen molar-refractivity contribution in [2.45, 2.75) is 50.7 Å². The van der Waals surface area contributed by atoms with Crippen LogP contribution in [0.5, 0.6) is 0 Å². The summed E-state index contributed by atoms with van der Waals surface area (Å²) in [4.78, 5) is 29.6. The lowest BCUT2D eigenvalue weighted by atomic mass is 10.0. The van der Waals surface area contributed by atoms with Crippen LogP contribution in [0, 0.1) is 6.92 Å². The number of nitrogens with one attached hydrogen (secondary N) is 1. The molecule has 4 aromatic rings. The highest BCUT2D eigenvalue weighted by atomic mass is 35.5. The Morgan fingerprint density at radius 3 is 1.93 bits per heavy atom. The normalized spacial score (nSPS) is 12.0. The Balaban J connectivity index is 1.80. The number of amides is 2. The van der Waals surface area contributed by atoms with E-state index in [9.17, 15) is 18.0 Å². The van der Waals surface area contributed by atoms with Gasteiger partial charge >= 0.3 is 0 Å². The van der Waals surface area contributed by atoms with Crippen molar-refractivity contribution >= 4 is 39.1 Å². The second-order valence-corrected chi connectivity index (χ2v) is 12.9. The first kappa shape index (κ1) is 31.8. The Hall–Kier alpha value is -4.14. The van der Waals surface area contributed by atoms with E-state index in [1.54, 1.807) is 36.4 Å². The van der Waals surface area contributed by atoms with Crippen LogP contribution in [0.15, 0.2) is 114 Å². The molecule has 4 rings (SSSR count). The van der Waals surface area contributed by atoms with Crippen molar-refractivity contribution < 1.29 is 18.0 Å². The van der Waals surface area contributed by atoms with Gasteiger partial charge in [-0.25, -0.2) is 8.42 Å². The van der Waals surface area contributed by atoms with E-state index in [1.807, 2.05) is 81.4 Å². The number of para-hydroxylation sites is 1. The lowest BCUT2D eigenvalue weighted by Gasteiger charge is -2.34. The summed E-state index contributed by atoms with van der Waals surface area (Å²) in [5.74, 6) is -0.867. The van der Waals surface area contributed by atoms with Gasteiger partial charge in [-0.3, -0.25) is 13.9 Å². The van der Waals surface area contributed by atoms with Crippen molar-refractivity contribution in [2.75, 3.05) is 10.8 Å². The minimum atomic E-state index is -4.22. The van der Waals surface area contributed by atoms with Crippen LogP contribution in [0.3, 0.4) is 0 Å². The number of hydrogen-bond acceptors (Lipinski definition) is 4. The first-order valence-electron chi connectivity index (χ1n) is 14.1. The molecule has 4 aromatic carbocycles. The topological polar surface area (TPSA) is 86.8 Å². The molecule has 0 aliphatic carbocycles. The molecule has 0 unspecified atom stereocenters. The molecule has 1 N–H and O–H groups in total. The van der Waals surface area contributed by atoms with Crippen LogP contribution in [0.1, 0.15) is 30.5 Å². The third kappa shape index (κ3) is 8.24. The summed E-state index contributed by atoms with van der Waals surface area (Å²) in [6.07, 6.45) is 0.245. The maximum atomic E-state index is 14.4. The quantitative estimate of drug-likeness (QED) is 0.211. The average Bonchev–Trinajstić information content (AvgIpc) is 2.99. The van der Waals surface area contributed by atoms with Gasteiger partial charge in [0.25, 0.3) is 10.0 Å². The Bertz CT molecular complexity index is 1630. The predicted octanol–water partition coefficient (Wildman–Crippen LogP) is 6.01. The fourth-order valence-corrected chi connectivity index (χ4v) is 6.44. The lowest BCUT2D eigenvalue weighted by molar-refractivity contribution is -0.140. The van der Waals surface area contributed by atoms with Gasteiger partial charge in [-0.15, -0.1) is 0 Å². The van der Waals surface area contributed by atoms with Crippen molar-refractivity contribution in [2.24, 2.45) is 0 Å². The van der Waals surface area contributed by atoms with Crippen LogP contribution in [0.4, 0.5) is 5.69 Å². The fraction of sp³-hybridized carbons (Fsp3) is 0.235. The number of nitrogens with zero attached hydrogens (tertiary/aromatic N) is 2. The van der Waals surface area contributed by atoms with E-state index in [0.29, 0.717) is 0 Å². The molecule has 224 valence electrons. The SMILES string of the molecule is Cc1ccc(S(=O)(=O)N(CC(=O)N(Cc2ccccc2)[C@H](Cc2ccccc2)C(=O)NC(C)C)c2ccccc2Cl)cc1. The third-order valence-electron chi connectivity index (χ3n) is 6.91. The van der Waals surface area contributed by atoms with Gasteiger partial charge in [-0.2, -0.15) is 0 Å². The first-order valence-corrected chi connectivity index (χ1v) is 15.9. The minimum absolute atomic E-state index is 0.0267. The summed E-state index contributed by atoms with van der Waals surface area (Å²) < 4.78 is 29.2. The minimum Gasteiger partial charge on any atom is -0.352 e. The van der Waals surface area contributed by atoms with Gasteiger partial charge < -0.3 is 10.2 Å². The number of hydrogen-bond donors (Lipinski definition) is 1. The van der Waals surface area contributed by atoms with Crippen LogP contribution < -0.4 is 9.62 Å². The Morgan fingerprint density at radius 1 is 0.791 bits per heavy atom. The standard InChI is InChI=1S/C34H36ClN3O4S/c1-25(2)36-34(40)32(22-27-12-6-4-7-13-27)37(23-28-14-8-5-9-15-28)33(39)24-38(31-17-11-10-16-30(31)35)43(41,42)29-20-18-26(3)19-21-29/h4-21,25,32H,22-24H2,1-3H3,(H,36,40)/t32-/m1/s1. The van der Waals surface area contributed by atoms with Gasteiger partial charge in [0, 0.05) is 19.0 Å². The molecule has 0 aliphatic heterocycles. The molecular weight excluding hydrogens is 582 g/mol. The van der Waals surface area contributed by atoms with E-state index >= 15 is 0 Å². The molecule has 0 aliphatic rings. The van der Waals surface area contributed by atoms with Gasteiger partial charge in [0.1, 0.15) is 12.6 Å². The molecule has 0 saturated heterocycles. The van der Waals surface area contributed by atoms with Crippen molar-refractivity contribution in [3.05, 3.63) is 131 Å². The summed E-state index contributed by atoms with van der Waals surface area (Å²) in [6.45, 7) is 5.11. The molecule has 9 heteroatoms. The van der Waals surface area contributed by atoms with E-state index in [-0.39, 0.29) is 40.5 Å². The number of anilines is 1. The maximum Gasteiger partial charge on any atom is 0.264 e. The second-order valence-electron chi connectivity index (χ2n) is 10.7. The van der Waals surface area contributed by atoms with Crippen molar-refractivity contribution in [3.63, 3.8) is 0 Å². The van der Waals surface area contributed by atoms with E-state index in [0.717, 1.165) is 21.0 Å². The molecule has 43 heavy (non-hydrogen) atoms. The van der Waals surface area contributed by atoms with Crippen LogP contribution in [0.2, 0.25) is 5.02 Å². The van der Waals surface area contributed by atoms with Gasteiger partial charge in [0.15, 0.2) is 0 Å². The Morgan fingerprint density at radius 2 is 1.35 bits per heavy atom. The smallest absolute Gasteiger partial charge is 0.264 e. The summed E-state index contributed by atoms with van der Waals surface area (Å²) in [7, 11) is -4.22. The average molecular weight is 618 g/mol. The number of benzene rings is 4. The molecule has 0 spiro atoms. The van der Waals surface area contributed by atoms with Crippen LogP contribution in [0.25, 0.3) is 0 Å². The zero-order valence-electron chi connectivity index (χ0n) is 24.5. The number of aryl methyl sites for hydroxylation is 1. The molecule has 7 nitrogen and oxygen atoms in total. The van der Waals surface area contributed by atoms with Gasteiger partial charge in [-0.05, 0) is 56.2 Å². The number of carbonyl (C=O) groups excluding carboxylic acids is 2. The zero-order valence-corrected chi connectivity index (χ0v) is 26.1. The molecule has 0 fully saturated rings. The zero-order chi connectivity index (χ0) is 31.0. The van der Waals surface area contributed by atoms with E-state index in [1.165, 1.54) is 17.0 Å². The number of carbonyl (C=O) groups is 2. The molecule has 0 bridgehead atoms. The highest BCUT2D eigenvalue weighted by molar-refractivity contribution is 7.92. The predicted molar refractivity (Wildman–Crippen MR) is 171 cm³/mol. The molecule has 0 aromatic heterocycles. The van der Waals surface area contributed by atoms with Crippen molar-refractivity contribution in [1.29, 1.82) is 0 Å². The van der Waals surface area contributed by atoms with E-state index < -0.39 is 28.5 Å². The summed E-state index contributed by atoms with van der Waals surface area (Å²) >= 11 is 6.51. The monoisotopic (exact) mass is 617 g/mol. The number of rotatable bonds is 12. The van der Waals surface area contributed by atoms with E-state index in [2.05, 4.69) is 5.32 Å². The van der Waals surface area contributed by atoms with Crippen molar-refractivity contribution in [3.8, 4) is 0 Å². The Kier molecular flexibility index (Phi) is 10.6. The summed E-state index contributed by atoms with van der Waals surface area (Å²) in [6, 6.07) is 30.6. The van der Waals surface area contributed by atoms with Crippen molar-refractivity contribution in [1.82, 2.24) is 10.2 Å². The molecule has 0 saturated carbocycles. The first-order chi connectivity index (χ1) is 20.6. The molecule has 0 heterocycles.